The number of hydrogen-bond acceptors (Lipinski definition) is 3. The zero-order valence-electron chi connectivity index (χ0n) is 15.7. The Morgan fingerprint density at radius 3 is 1.89 bits per heavy atom. The van der Waals surface area contributed by atoms with Gasteiger partial charge in [0.25, 0.3) is 0 Å². The lowest BCUT2D eigenvalue weighted by molar-refractivity contribution is 0.0440. The molecule has 0 saturated heterocycles. The lowest BCUT2D eigenvalue weighted by atomic mass is 9.95. The number of nitrogens with one attached hydrogen (secondary N) is 1. The maximum atomic E-state index is 11.0. The largest absolute Gasteiger partial charge is 0.386 e. The number of ether oxygens (including phenoxy) is 1. The summed E-state index contributed by atoms with van der Waals surface area (Å²) in [7, 11) is 0. The standard InChI is InChI=1S/C24H27NO2/c1-19(27-18-20-11-5-2-6-12-20)17-25-23(21-13-7-3-8-14-21)24(26)22-15-9-4-10-16-22/h2-16,19,23-26H,17-18H2,1H3. The van der Waals surface area contributed by atoms with Crippen molar-refractivity contribution in [3.63, 3.8) is 0 Å². The molecular weight excluding hydrogens is 334 g/mol. The van der Waals surface area contributed by atoms with Crippen LogP contribution in [0.25, 0.3) is 0 Å². The maximum absolute atomic E-state index is 11.0. The Morgan fingerprint density at radius 2 is 1.30 bits per heavy atom. The van der Waals surface area contributed by atoms with Crippen LogP contribution in [0.1, 0.15) is 35.8 Å². The highest BCUT2D eigenvalue weighted by Crippen LogP contribution is 2.28. The third-order valence-electron chi connectivity index (χ3n) is 4.62. The fourth-order valence-electron chi connectivity index (χ4n) is 3.08. The molecule has 27 heavy (non-hydrogen) atoms. The number of aliphatic hydroxyl groups excluding tert-OH is 1. The molecule has 0 radical (unpaired) electrons. The second-order valence-electron chi connectivity index (χ2n) is 6.76. The quantitative estimate of drug-likeness (QED) is 0.583. The molecule has 0 amide bonds. The van der Waals surface area contributed by atoms with Gasteiger partial charge >= 0.3 is 0 Å². The number of aliphatic hydroxyl groups is 1. The average Bonchev–Trinajstić information content (AvgIpc) is 2.74. The normalized spacial score (nSPS) is 14.4. The Kier molecular flexibility index (Phi) is 7.17. The third-order valence-corrected chi connectivity index (χ3v) is 4.62. The molecule has 3 rings (SSSR count). The van der Waals surface area contributed by atoms with Gasteiger partial charge in [-0.25, -0.2) is 0 Å². The minimum absolute atomic E-state index is 0.0272. The van der Waals surface area contributed by atoms with Crippen molar-refractivity contribution < 1.29 is 9.84 Å². The van der Waals surface area contributed by atoms with Crippen LogP contribution in [0.3, 0.4) is 0 Å². The first-order valence-corrected chi connectivity index (χ1v) is 9.41. The maximum Gasteiger partial charge on any atom is 0.0984 e. The molecule has 2 N–H and O–H groups in total. The van der Waals surface area contributed by atoms with Crippen molar-refractivity contribution in [2.75, 3.05) is 6.54 Å². The minimum Gasteiger partial charge on any atom is -0.386 e. The van der Waals surface area contributed by atoms with Gasteiger partial charge in [0.2, 0.25) is 0 Å². The van der Waals surface area contributed by atoms with E-state index in [1.165, 1.54) is 0 Å². The van der Waals surface area contributed by atoms with Gasteiger partial charge in [-0.1, -0.05) is 91.0 Å². The van der Waals surface area contributed by atoms with Gasteiger partial charge in [-0.05, 0) is 23.6 Å². The Hall–Kier alpha value is -2.46. The van der Waals surface area contributed by atoms with E-state index < -0.39 is 6.10 Å². The fourth-order valence-corrected chi connectivity index (χ4v) is 3.08. The average molecular weight is 361 g/mol. The van der Waals surface area contributed by atoms with E-state index in [1.807, 2.05) is 85.8 Å². The molecule has 0 heterocycles. The molecule has 3 heteroatoms. The zero-order valence-corrected chi connectivity index (χ0v) is 15.7. The predicted octanol–water partition coefficient (Wildman–Crippen LogP) is 4.66. The molecule has 3 unspecified atom stereocenters. The molecule has 0 spiro atoms. The van der Waals surface area contributed by atoms with Crippen molar-refractivity contribution in [3.05, 3.63) is 108 Å². The smallest absolute Gasteiger partial charge is 0.0984 e. The predicted molar refractivity (Wildman–Crippen MR) is 109 cm³/mol. The molecular formula is C24H27NO2. The van der Waals surface area contributed by atoms with Crippen LogP contribution < -0.4 is 5.32 Å². The van der Waals surface area contributed by atoms with Crippen molar-refractivity contribution in [1.82, 2.24) is 5.32 Å². The van der Waals surface area contributed by atoms with Gasteiger partial charge in [-0.2, -0.15) is 0 Å². The summed E-state index contributed by atoms with van der Waals surface area (Å²) in [6, 6.07) is 29.8. The van der Waals surface area contributed by atoms with E-state index in [0.29, 0.717) is 13.2 Å². The highest BCUT2D eigenvalue weighted by molar-refractivity contribution is 5.26. The van der Waals surface area contributed by atoms with Crippen molar-refractivity contribution in [1.29, 1.82) is 0 Å². The van der Waals surface area contributed by atoms with Gasteiger partial charge in [0, 0.05) is 6.54 Å². The van der Waals surface area contributed by atoms with Gasteiger partial charge in [-0.3, -0.25) is 0 Å². The van der Waals surface area contributed by atoms with Crippen LogP contribution in [0.5, 0.6) is 0 Å². The molecule has 0 bridgehead atoms. The number of rotatable bonds is 9. The Morgan fingerprint density at radius 1 is 0.778 bits per heavy atom. The first-order chi connectivity index (χ1) is 13.2. The first-order valence-electron chi connectivity index (χ1n) is 9.41. The van der Waals surface area contributed by atoms with E-state index >= 15 is 0 Å². The Bertz CT molecular complexity index is 777. The van der Waals surface area contributed by atoms with Gasteiger partial charge in [0.1, 0.15) is 0 Å². The lowest BCUT2D eigenvalue weighted by Gasteiger charge is -2.27. The Labute approximate surface area is 161 Å². The third kappa shape index (κ3) is 5.76. The summed E-state index contributed by atoms with van der Waals surface area (Å²) in [6.45, 7) is 3.28. The Balaban J connectivity index is 1.63. The number of benzene rings is 3. The molecule has 0 aliphatic carbocycles. The summed E-state index contributed by atoms with van der Waals surface area (Å²) in [5.41, 5.74) is 3.12. The highest BCUT2D eigenvalue weighted by Gasteiger charge is 2.22. The molecule has 3 aromatic carbocycles. The van der Waals surface area contributed by atoms with E-state index in [0.717, 1.165) is 16.7 Å². The molecule has 0 aliphatic rings. The van der Waals surface area contributed by atoms with Crippen LogP contribution >= 0.6 is 0 Å². The monoisotopic (exact) mass is 361 g/mol. The zero-order chi connectivity index (χ0) is 18.9. The van der Waals surface area contributed by atoms with Crippen LogP contribution in [-0.2, 0) is 11.3 Å². The topological polar surface area (TPSA) is 41.5 Å². The molecule has 140 valence electrons. The van der Waals surface area contributed by atoms with Crippen LogP contribution in [0, 0.1) is 0 Å². The number of hydrogen-bond donors (Lipinski definition) is 2. The summed E-state index contributed by atoms with van der Waals surface area (Å²) in [6.07, 6.45) is -0.602. The van der Waals surface area contributed by atoms with Gasteiger partial charge in [0.15, 0.2) is 0 Å². The van der Waals surface area contributed by atoms with Gasteiger partial charge in [-0.15, -0.1) is 0 Å². The van der Waals surface area contributed by atoms with Crippen molar-refractivity contribution >= 4 is 0 Å². The molecule has 0 saturated carbocycles. The second-order valence-corrected chi connectivity index (χ2v) is 6.76. The van der Waals surface area contributed by atoms with Gasteiger partial charge in [0.05, 0.1) is 24.9 Å². The first kappa shape index (κ1) is 19.3. The SMILES string of the molecule is CC(CNC(c1ccccc1)C(O)c1ccccc1)OCc1ccccc1. The summed E-state index contributed by atoms with van der Waals surface area (Å²) in [4.78, 5) is 0. The van der Waals surface area contributed by atoms with E-state index in [1.54, 1.807) is 0 Å². The summed E-state index contributed by atoms with van der Waals surface area (Å²) < 4.78 is 5.96. The van der Waals surface area contributed by atoms with Crippen molar-refractivity contribution in [3.8, 4) is 0 Å². The lowest BCUT2D eigenvalue weighted by Crippen LogP contribution is -2.33. The molecule has 3 atom stereocenters. The summed E-state index contributed by atoms with van der Waals surface area (Å²) >= 11 is 0. The minimum atomic E-state index is -0.630. The van der Waals surface area contributed by atoms with E-state index in [9.17, 15) is 5.11 Å². The van der Waals surface area contributed by atoms with Crippen LogP contribution in [0.15, 0.2) is 91.0 Å². The molecule has 3 nitrogen and oxygen atoms in total. The molecule has 0 fully saturated rings. The fraction of sp³-hybridized carbons (Fsp3) is 0.250. The van der Waals surface area contributed by atoms with Gasteiger partial charge < -0.3 is 15.2 Å². The van der Waals surface area contributed by atoms with Crippen LogP contribution in [0.2, 0.25) is 0 Å². The van der Waals surface area contributed by atoms with Crippen LogP contribution in [0.4, 0.5) is 0 Å². The van der Waals surface area contributed by atoms with E-state index in [4.69, 9.17) is 4.74 Å². The van der Waals surface area contributed by atoms with E-state index in [2.05, 4.69) is 17.4 Å². The summed E-state index contributed by atoms with van der Waals surface area (Å²) in [5.74, 6) is 0. The van der Waals surface area contributed by atoms with Crippen LogP contribution in [-0.4, -0.2) is 17.8 Å². The molecule has 0 aromatic heterocycles. The van der Waals surface area contributed by atoms with E-state index in [-0.39, 0.29) is 12.1 Å². The molecule has 0 aliphatic heterocycles. The molecule has 3 aromatic rings. The van der Waals surface area contributed by atoms with Crippen molar-refractivity contribution in [2.24, 2.45) is 0 Å². The van der Waals surface area contributed by atoms with Crippen molar-refractivity contribution in [2.45, 2.75) is 31.8 Å². The summed E-state index contributed by atoms with van der Waals surface area (Å²) in [5, 5.41) is 14.4. The second kappa shape index (κ2) is 10.0. The highest BCUT2D eigenvalue weighted by atomic mass is 16.5.